The summed E-state index contributed by atoms with van der Waals surface area (Å²) in [7, 11) is 1.58. The van der Waals surface area contributed by atoms with E-state index in [1.807, 2.05) is 30.3 Å². The van der Waals surface area contributed by atoms with Crippen LogP contribution in [0.25, 0.3) is 0 Å². The van der Waals surface area contributed by atoms with E-state index >= 15 is 0 Å². The summed E-state index contributed by atoms with van der Waals surface area (Å²) >= 11 is 3.24. The summed E-state index contributed by atoms with van der Waals surface area (Å²) in [4.78, 5) is 11.7. The molecule has 2 rings (SSSR count). The van der Waals surface area contributed by atoms with Gasteiger partial charge in [-0.15, -0.1) is 0 Å². The molecular weight excluding hydrogens is 310 g/mol. The third-order valence-electron chi connectivity index (χ3n) is 2.79. The number of aliphatic hydroxyl groups excluding tert-OH is 1. The molecule has 1 aromatic heterocycles. The second-order valence-corrected chi connectivity index (χ2v) is 4.88. The number of benzene rings is 1. The lowest BCUT2D eigenvalue weighted by Crippen LogP contribution is -2.23. The molecule has 0 aliphatic carbocycles. The van der Waals surface area contributed by atoms with Crippen LogP contribution in [0.4, 0.5) is 5.69 Å². The average molecular weight is 324 g/mol. The van der Waals surface area contributed by atoms with Crippen LogP contribution in [0.2, 0.25) is 0 Å². The largest absolute Gasteiger partial charge is 0.394 e. The summed E-state index contributed by atoms with van der Waals surface area (Å²) < 4.78 is 1.64. The van der Waals surface area contributed by atoms with Crippen LogP contribution < -0.4 is 10.9 Å². The van der Waals surface area contributed by atoms with Crippen LogP contribution in [0.1, 0.15) is 11.6 Å². The highest BCUT2D eigenvalue weighted by Gasteiger charge is 2.13. The number of rotatable bonds is 4. The number of nitrogens with zero attached hydrogens (tertiary/aromatic N) is 2. The van der Waals surface area contributed by atoms with Gasteiger partial charge in [0.05, 0.1) is 24.5 Å². The summed E-state index contributed by atoms with van der Waals surface area (Å²) in [6.07, 6.45) is 1.55. The first-order valence-electron chi connectivity index (χ1n) is 5.77. The Hall–Kier alpha value is -1.66. The van der Waals surface area contributed by atoms with Crippen LogP contribution in [0.15, 0.2) is 45.8 Å². The zero-order valence-electron chi connectivity index (χ0n) is 10.4. The van der Waals surface area contributed by atoms with E-state index in [0.717, 1.165) is 5.56 Å². The molecule has 0 bridgehead atoms. The predicted molar refractivity (Wildman–Crippen MR) is 77.1 cm³/mol. The van der Waals surface area contributed by atoms with Gasteiger partial charge in [0.1, 0.15) is 4.47 Å². The second-order valence-electron chi connectivity index (χ2n) is 4.09. The highest BCUT2D eigenvalue weighted by molar-refractivity contribution is 9.10. The summed E-state index contributed by atoms with van der Waals surface area (Å²) in [6, 6.07) is 9.25. The smallest absolute Gasteiger partial charge is 0.282 e. The Balaban J connectivity index is 2.30. The molecule has 1 aromatic carbocycles. The van der Waals surface area contributed by atoms with Crippen molar-refractivity contribution in [2.24, 2.45) is 7.05 Å². The van der Waals surface area contributed by atoms with Crippen molar-refractivity contribution in [1.82, 2.24) is 9.78 Å². The van der Waals surface area contributed by atoms with E-state index < -0.39 is 0 Å². The minimum atomic E-state index is -0.286. The molecule has 1 unspecified atom stereocenters. The Morgan fingerprint density at radius 3 is 2.74 bits per heavy atom. The molecule has 6 heteroatoms. The van der Waals surface area contributed by atoms with E-state index in [4.69, 9.17) is 0 Å². The molecule has 2 N–H and O–H groups in total. The molecule has 0 aliphatic heterocycles. The molecule has 0 radical (unpaired) electrons. The van der Waals surface area contributed by atoms with Crippen molar-refractivity contribution in [2.75, 3.05) is 11.9 Å². The first-order chi connectivity index (χ1) is 9.13. The van der Waals surface area contributed by atoms with E-state index in [0.29, 0.717) is 10.2 Å². The lowest BCUT2D eigenvalue weighted by molar-refractivity contribution is 0.276. The van der Waals surface area contributed by atoms with Crippen LogP contribution in [0.5, 0.6) is 0 Å². The zero-order valence-corrected chi connectivity index (χ0v) is 12.0. The van der Waals surface area contributed by atoms with Crippen LogP contribution in [-0.2, 0) is 7.05 Å². The van der Waals surface area contributed by atoms with Crippen LogP contribution in [0.3, 0.4) is 0 Å². The lowest BCUT2D eigenvalue weighted by atomic mass is 10.1. The quantitative estimate of drug-likeness (QED) is 0.898. The Bertz CT molecular complexity index is 613. The fourth-order valence-corrected chi connectivity index (χ4v) is 2.19. The van der Waals surface area contributed by atoms with Crippen LogP contribution in [-0.4, -0.2) is 21.5 Å². The van der Waals surface area contributed by atoms with E-state index in [1.54, 1.807) is 13.2 Å². The SMILES string of the molecule is Cn1ncc(NC(CO)c2ccccc2)c(Br)c1=O. The maximum atomic E-state index is 11.7. The van der Waals surface area contributed by atoms with Crippen molar-refractivity contribution in [1.29, 1.82) is 0 Å². The molecule has 0 amide bonds. The maximum Gasteiger partial charge on any atom is 0.282 e. The van der Waals surface area contributed by atoms with Gasteiger partial charge in [0.25, 0.3) is 5.56 Å². The molecule has 0 saturated heterocycles. The summed E-state index contributed by atoms with van der Waals surface area (Å²) in [5.41, 5.74) is 1.28. The third kappa shape index (κ3) is 3.02. The normalized spacial score (nSPS) is 12.2. The van der Waals surface area contributed by atoms with E-state index in [1.165, 1.54) is 4.68 Å². The number of aliphatic hydroxyl groups is 1. The Morgan fingerprint density at radius 1 is 1.42 bits per heavy atom. The van der Waals surface area contributed by atoms with Gasteiger partial charge >= 0.3 is 0 Å². The lowest BCUT2D eigenvalue weighted by Gasteiger charge is -2.18. The Labute approximate surface area is 119 Å². The molecule has 0 fully saturated rings. The zero-order chi connectivity index (χ0) is 13.8. The number of hydrogen-bond acceptors (Lipinski definition) is 4. The number of nitrogens with one attached hydrogen (secondary N) is 1. The average Bonchev–Trinajstić information content (AvgIpc) is 2.45. The van der Waals surface area contributed by atoms with Crippen molar-refractivity contribution in [3.8, 4) is 0 Å². The number of aromatic nitrogens is 2. The Morgan fingerprint density at radius 2 is 2.11 bits per heavy atom. The fourth-order valence-electron chi connectivity index (χ4n) is 1.72. The number of hydrogen-bond donors (Lipinski definition) is 2. The molecule has 5 nitrogen and oxygen atoms in total. The topological polar surface area (TPSA) is 67.2 Å². The van der Waals surface area contributed by atoms with E-state index in [9.17, 15) is 9.90 Å². The first-order valence-corrected chi connectivity index (χ1v) is 6.57. The number of aryl methyl sites for hydroxylation is 1. The molecule has 0 saturated carbocycles. The number of halogens is 1. The standard InChI is InChI=1S/C13H14BrN3O2/c1-17-13(19)12(14)10(7-15-17)16-11(8-18)9-5-3-2-4-6-9/h2-7,11,16,18H,8H2,1H3. The van der Waals surface area contributed by atoms with Crippen LogP contribution >= 0.6 is 15.9 Å². The van der Waals surface area contributed by atoms with Gasteiger partial charge < -0.3 is 10.4 Å². The van der Waals surface area contributed by atoms with Gasteiger partial charge in [-0.25, -0.2) is 4.68 Å². The monoisotopic (exact) mass is 323 g/mol. The van der Waals surface area contributed by atoms with Crippen molar-refractivity contribution in [3.05, 3.63) is 56.9 Å². The van der Waals surface area contributed by atoms with Gasteiger partial charge in [-0.3, -0.25) is 4.79 Å². The number of anilines is 1. The maximum absolute atomic E-state index is 11.7. The summed E-state index contributed by atoms with van der Waals surface area (Å²) in [6.45, 7) is -0.0777. The second kappa shape index (κ2) is 5.99. The molecule has 2 aromatic rings. The molecule has 0 aliphatic rings. The highest BCUT2D eigenvalue weighted by atomic mass is 79.9. The highest BCUT2D eigenvalue weighted by Crippen LogP contribution is 2.22. The van der Waals surface area contributed by atoms with Gasteiger partial charge in [-0.2, -0.15) is 5.10 Å². The molecule has 0 spiro atoms. The van der Waals surface area contributed by atoms with Crippen molar-refractivity contribution in [3.63, 3.8) is 0 Å². The van der Waals surface area contributed by atoms with Gasteiger partial charge in [0.15, 0.2) is 0 Å². The molecule has 1 heterocycles. The molecular formula is C13H14BrN3O2. The van der Waals surface area contributed by atoms with E-state index in [2.05, 4.69) is 26.3 Å². The molecule has 1 atom stereocenters. The minimum Gasteiger partial charge on any atom is -0.394 e. The van der Waals surface area contributed by atoms with Gasteiger partial charge in [-0.1, -0.05) is 30.3 Å². The van der Waals surface area contributed by atoms with Crippen LogP contribution in [0, 0.1) is 0 Å². The van der Waals surface area contributed by atoms with Crippen molar-refractivity contribution in [2.45, 2.75) is 6.04 Å². The third-order valence-corrected chi connectivity index (χ3v) is 3.56. The van der Waals surface area contributed by atoms with Crippen molar-refractivity contribution >= 4 is 21.6 Å². The fraction of sp³-hybridized carbons (Fsp3) is 0.231. The summed E-state index contributed by atoms with van der Waals surface area (Å²) in [5, 5.41) is 16.5. The van der Waals surface area contributed by atoms with Gasteiger partial charge in [0.2, 0.25) is 0 Å². The minimum absolute atomic E-state index is 0.0777. The molecule has 19 heavy (non-hydrogen) atoms. The Kier molecular flexibility index (Phi) is 4.34. The first kappa shape index (κ1) is 13.8. The molecule has 100 valence electrons. The van der Waals surface area contributed by atoms with Crippen molar-refractivity contribution < 1.29 is 5.11 Å². The predicted octanol–water partition coefficient (Wildman–Crippen LogP) is 1.69. The van der Waals surface area contributed by atoms with Gasteiger partial charge in [0, 0.05) is 7.05 Å². The summed E-state index contributed by atoms with van der Waals surface area (Å²) in [5.74, 6) is 0. The van der Waals surface area contributed by atoms with Gasteiger partial charge in [-0.05, 0) is 21.5 Å². The van der Waals surface area contributed by atoms with E-state index in [-0.39, 0.29) is 18.2 Å².